The fraction of sp³-hybridized carbons (Fsp3) is 0.478. The van der Waals surface area contributed by atoms with E-state index < -0.39 is 11.6 Å². The van der Waals surface area contributed by atoms with Gasteiger partial charge in [-0.05, 0) is 31.4 Å². The van der Waals surface area contributed by atoms with Gasteiger partial charge in [0, 0.05) is 24.6 Å². The number of amides is 1. The standard InChI is InChI=1S/C23H29N5O2/c1-2-28-21(29)12-11-20(27-28)18-9-7-17(8-10-18)15-19(16-24)26-22(30)23(25)13-5-3-4-6-14-23/h7-12,19H,2-6,13-15,25H2,1H3,(H,26,30). The Morgan fingerprint density at radius 3 is 2.47 bits per heavy atom. The average molecular weight is 408 g/mol. The van der Waals surface area contributed by atoms with Crippen molar-refractivity contribution in [2.75, 3.05) is 0 Å². The SMILES string of the molecule is CCn1nc(-c2ccc(CC(C#N)NC(=O)C3(N)CCCCCC3)cc2)ccc1=O. The smallest absolute Gasteiger partial charge is 0.266 e. The van der Waals surface area contributed by atoms with Crippen LogP contribution in [0.3, 0.4) is 0 Å². The second-order valence-electron chi connectivity index (χ2n) is 8.00. The molecule has 0 bridgehead atoms. The van der Waals surface area contributed by atoms with Gasteiger partial charge in [0.1, 0.15) is 6.04 Å². The molecule has 7 heteroatoms. The van der Waals surface area contributed by atoms with Crippen LogP contribution in [0.4, 0.5) is 0 Å². The van der Waals surface area contributed by atoms with Crippen molar-refractivity contribution in [2.24, 2.45) is 5.73 Å². The van der Waals surface area contributed by atoms with E-state index in [2.05, 4.69) is 16.5 Å². The van der Waals surface area contributed by atoms with Crippen molar-refractivity contribution >= 4 is 5.91 Å². The predicted molar refractivity (Wildman–Crippen MR) is 115 cm³/mol. The summed E-state index contributed by atoms with van der Waals surface area (Å²) in [6.45, 7) is 2.38. The van der Waals surface area contributed by atoms with E-state index >= 15 is 0 Å². The Morgan fingerprint density at radius 1 is 1.20 bits per heavy atom. The molecule has 0 radical (unpaired) electrons. The second-order valence-corrected chi connectivity index (χ2v) is 8.00. The molecule has 3 rings (SSSR count). The molecule has 1 aliphatic carbocycles. The minimum Gasteiger partial charge on any atom is -0.338 e. The Balaban J connectivity index is 1.67. The van der Waals surface area contributed by atoms with Crippen LogP contribution < -0.4 is 16.6 Å². The number of aryl methyl sites for hydroxylation is 1. The highest BCUT2D eigenvalue weighted by Crippen LogP contribution is 2.25. The van der Waals surface area contributed by atoms with Crippen LogP contribution in [0.15, 0.2) is 41.2 Å². The maximum absolute atomic E-state index is 12.7. The lowest BCUT2D eigenvalue weighted by Crippen LogP contribution is -2.56. The summed E-state index contributed by atoms with van der Waals surface area (Å²) in [5.74, 6) is -0.224. The van der Waals surface area contributed by atoms with Crippen molar-refractivity contribution in [3.05, 3.63) is 52.3 Å². The summed E-state index contributed by atoms with van der Waals surface area (Å²) < 4.78 is 1.42. The van der Waals surface area contributed by atoms with Gasteiger partial charge in [-0.15, -0.1) is 0 Å². The molecular formula is C23H29N5O2. The highest BCUT2D eigenvalue weighted by molar-refractivity contribution is 5.86. The van der Waals surface area contributed by atoms with Gasteiger partial charge in [0.25, 0.3) is 5.56 Å². The third kappa shape index (κ3) is 5.14. The summed E-state index contributed by atoms with van der Waals surface area (Å²) in [5.41, 5.74) is 7.90. The van der Waals surface area contributed by atoms with Gasteiger partial charge in [0.2, 0.25) is 5.91 Å². The van der Waals surface area contributed by atoms with E-state index in [-0.39, 0.29) is 11.5 Å². The molecule has 2 aromatic rings. The lowest BCUT2D eigenvalue weighted by molar-refractivity contribution is -0.127. The fourth-order valence-corrected chi connectivity index (χ4v) is 3.89. The molecule has 158 valence electrons. The van der Waals surface area contributed by atoms with Crippen LogP contribution in [0.5, 0.6) is 0 Å². The van der Waals surface area contributed by atoms with Crippen LogP contribution >= 0.6 is 0 Å². The Morgan fingerprint density at radius 2 is 1.87 bits per heavy atom. The lowest BCUT2D eigenvalue weighted by Gasteiger charge is -2.28. The number of hydrogen-bond donors (Lipinski definition) is 2. The summed E-state index contributed by atoms with van der Waals surface area (Å²) in [5, 5.41) is 16.7. The van der Waals surface area contributed by atoms with E-state index in [4.69, 9.17) is 5.73 Å². The molecule has 30 heavy (non-hydrogen) atoms. The molecule has 1 aromatic heterocycles. The van der Waals surface area contributed by atoms with Crippen molar-refractivity contribution in [1.29, 1.82) is 5.26 Å². The molecule has 0 saturated heterocycles. The molecular weight excluding hydrogens is 378 g/mol. The average Bonchev–Trinajstić information content (AvgIpc) is 2.99. The van der Waals surface area contributed by atoms with E-state index in [0.717, 1.165) is 36.8 Å². The van der Waals surface area contributed by atoms with Gasteiger partial charge in [-0.25, -0.2) is 4.68 Å². The van der Waals surface area contributed by atoms with Gasteiger partial charge < -0.3 is 11.1 Å². The normalized spacial score (nSPS) is 16.8. The Labute approximate surface area is 176 Å². The molecule has 1 atom stereocenters. The first-order valence-electron chi connectivity index (χ1n) is 10.6. The van der Waals surface area contributed by atoms with Crippen LogP contribution in [0.1, 0.15) is 51.0 Å². The predicted octanol–water partition coefficient (Wildman–Crippen LogP) is 2.53. The number of aromatic nitrogens is 2. The Bertz CT molecular complexity index is 966. The third-order valence-electron chi connectivity index (χ3n) is 5.76. The number of benzene rings is 1. The zero-order valence-electron chi connectivity index (χ0n) is 17.4. The van der Waals surface area contributed by atoms with Gasteiger partial charge in [-0.3, -0.25) is 9.59 Å². The van der Waals surface area contributed by atoms with Crippen LogP contribution in [0.2, 0.25) is 0 Å². The fourth-order valence-electron chi connectivity index (χ4n) is 3.89. The van der Waals surface area contributed by atoms with Crippen LogP contribution in [0.25, 0.3) is 11.3 Å². The molecule has 1 unspecified atom stereocenters. The molecule has 1 fully saturated rings. The van der Waals surface area contributed by atoms with Gasteiger partial charge in [0.15, 0.2) is 0 Å². The minimum absolute atomic E-state index is 0.128. The first-order valence-corrected chi connectivity index (χ1v) is 10.6. The van der Waals surface area contributed by atoms with Crippen LogP contribution in [-0.2, 0) is 17.8 Å². The molecule has 3 N–H and O–H groups in total. The molecule has 7 nitrogen and oxygen atoms in total. The number of rotatable bonds is 6. The summed E-state index contributed by atoms with van der Waals surface area (Å²) >= 11 is 0. The van der Waals surface area contributed by atoms with E-state index in [0.29, 0.717) is 31.5 Å². The zero-order chi connectivity index (χ0) is 21.6. The van der Waals surface area contributed by atoms with Crippen LogP contribution in [-0.4, -0.2) is 27.3 Å². The number of carbonyl (C=O) groups is 1. The van der Waals surface area contributed by atoms with Crippen molar-refractivity contribution in [3.8, 4) is 17.3 Å². The number of nitriles is 1. The minimum atomic E-state index is -0.872. The molecule has 1 aromatic carbocycles. The maximum Gasteiger partial charge on any atom is 0.266 e. The van der Waals surface area contributed by atoms with Crippen LogP contribution in [0, 0.1) is 11.3 Å². The van der Waals surface area contributed by atoms with E-state index in [1.54, 1.807) is 6.07 Å². The second kappa shape index (κ2) is 9.68. The summed E-state index contributed by atoms with van der Waals surface area (Å²) in [4.78, 5) is 24.4. The van der Waals surface area contributed by atoms with Crippen molar-refractivity contribution in [1.82, 2.24) is 15.1 Å². The molecule has 1 heterocycles. The lowest BCUT2D eigenvalue weighted by atomic mass is 9.90. The third-order valence-corrected chi connectivity index (χ3v) is 5.76. The highest BCUT2D eigenvalue weighted by Gasteiger charge is 2.35. The van der Waals surface area contributed by atoms with E-state index in [1.807, 2.05) is 31.2 Å². The number of nitrogens with zero attached hydrogens (tertiary/aromatic N) is 3. The summed E-state index contributed by atoms with van der Waals surface area (Å²) in [6.07, 6.45) is 5.83. The molecule has 1 saturated carbocycles. The van der Waals surface area contributed by atoms with Crippen molar-refractivity contribution in [3.63, 3.8) is 0 Å². The molecule has 0 spiro atoms. The molecule has 1 amide bonds. The van der Waals surface area contributed by atoms with Gasteiger partial charge >= 0.3 is 0 Å². The van der Waals surface area contributed by atoms with Gasteiger partial charge in [-0.1, -0.05) is 49.9 Å². The number of nitrogens with two attached hydrogens (primary N) is 1. The number of nitrogens with one attached hydrogen (secondary N) is 1. The molecule has 1 aliphatic rings. The van der Waals surface area contributed by atoms with E-state index in [9.17, 15) is 14.9 Å². The number of hydrogen-bond acceptors (Lipinski definition) is 5. The Kier molecular flexibility index (Phi) is 7.01. The zero-order valence-corrected chi connectivity index (χ0v) is 17.4. The summed E-state index contributed by atoms with van der Waals surface area (Å²) in [7, 11) is 0. The van der Waals surface area contributed by atoms with Crippen molar-refractivity contribution in [2.45, 2.75) is 70.0 Å². The summed E-state index contributed by atoms with van der Waals surface area (Å²) in [6, 6.07) is 12.4. The van der Waals surface area contributed by atoms with E-state index in [1.165, 1.54) is 10.7 Å². The van der Waals surface area contributed by atoms with Crippen molar-refractivity contribution < 1.29 is 4.79 Å². The maximum atomic E-state index is 12.7. The van der Waals surface area contributed by atoms with Gasteiger partial charge in [0.05, 0.1) is 17.3 Å². The quantitative estimate of drug-likeness (QED) is 0.714. The largest absolute Gasteiger partial charge is 0.338 e. The number of carbonyl (C=O) groups excluding carboxylic acids is 1. The van der Waals surface area contributed by atoms with Gasteiger partial charge in [-0.2, -0.15) is 10.4 Å². The first-order chi connectivity index (χ1) is 14.4. The first kappa shape index (κ1) is 21.7. The Hall–Kier alpha value is -2.98. The highest BCUT2D eigenvalue weighted by atomic mass is 16.2. The monoisotopic (exact) mass is 407 g/mol. The molecule has 0 aliphatic heterocycles. The topological polar surface area (TPSA) is 114 Å².